The van der Waals surface area contributed by atoms with Crippen molar-refractivity contribution in [2.24, 2.45) is 0 Å². The van der Waals surface area contributed by atoms with E-state index in [0.29, 0.717) is 6.04 Å². The Kier molecular flexibility index (Phi) is 6.58. The number of anilines is 1. The van der Waals surface area contributed by atoms with Gasteiger partial charge >= 0.3 is 0 Å². The van der Waals surface area contributed by atoms with E-state index < -0.39 is 0 Å². The van der Waals surface area contributed by atoms with E-state index in [-0.39, 0.29) is 12.6 Å². The largest absolute Gasteiger partial charge is 0.395 e. The summed E-state index contributed by atoms with van der Waals surface area (Å²) in [5.41, 5.74) is 2.49. The fraction of sp³-hybridized carbons (Fsp3) is 0.524. The Hall–Kier alpha value is -1.98. The molecule has 1 fully saturated rings. The summed E-state index contributed by atoms with van der Waals surface area (Å²) in [6.45, 7) is 6.25. The SMILES string of the molecule is CCc1cnc(C)nc1N1CCC(N[C@H](CO)Cc2ccccc2)CC1. The quantitative estimate of drug-likeness (QED) is 0.800. The summed E-state index contributed by atoms with van der Waals surface area (Å²) in [5.74, 6) is 1.93. The summed E-state index contributed by atoms with van der Waals surface area (Å²) in [4.78, 5) is 11.4. The van der Waals surface area contributed by atoms with E-state index >= 15 is 0 Å². The topological polar surface area (TPSA) is 61.3 Å². The van der Waals surface area contributed by atoms with E-state index in [4.69, 9.17) is 0 Å². The lowest BCUT2D eigenvalue weighted by Gasteiger charge is -2.35. The molecule has 0 aliphatic carbocycles. The van der Waals surface area contributed by atoms with Gasteiger partial charge in [0.1, 0.15) is 11.6 Å². The van der Waals surface area contributed by atoms with Gasteiger partial charge < -0.3 is 15.3 Å². The monoisotopic (exact) mass is 354 g/mol. The molecular weight excluding hydrogens is 324 g/mol. The lowest BCUT2D eigenvalue weighted by atomic mass is 10.0. The lowest BCUT2D eigenvalue weighted by molar-refractivity contribution is 0.222. The number of nitrogens with zero attached hydrogens (tertiary/aromatic N) is 3. The Morgan fingerprint density at radius 3 is 2.62 bits per heavy atom. The molecule has 0 bridgehead atoms. The fourth-order valence-electron chi connectivity index (χ4n) is 3.67. The van der Waals surface area contributed by atoms with Crippen LogP contribution in [0.4, 0.5) is 5.82 Å². The molecule has 2 heterocycles. The number of rotatable bonds is 7. The molecule has 140 valence electrons. The van der Waals surface area contributed by atoms with Gasteiger partial charge in [-0.25, -0.2) is 9.97 Å². The minimum Gasteiger partial charge on any atom is -0.395 e. The predicted octanol–water partition coefficient (Wildman–Crippen LogP) is 2.51. The van der Waals surface area contributed by atoms with Crippen molar-refractivity contribution in [2.45, 2.75) is 51.6 Å². The molecule has 1 aromatic heterocycles. The summed E-state index contributed by atoms with van der Waals surface area (Å²) in [6.07, 6.45) is 5.92. The van der Waals surface area contributed by atoms with Crippen LogP contribution in [0.2, 0.25) is 0 Å². The van der Waals surface area contributed by atoms with Crippen molar-refractivity contribution in [1.29, 1.82) is 0 Å². The van der Waals surface area contributed by atoms with Gasteiger partial charge in [0.25, 0.3) is 0 Å². The average Bonchev–Trinajstić information content (AvgIpc) is 2.69. The first kappa shape index (κ1) is 18.8. The zero-order valence-corrected chi connectivity index (χ0v) is 15.9. The van der Waals surface area contributed by atoms with Crippen LogP contribution in [-0.2, 0) is 12.8 Å². The highest BCUT2D eigenvalue weighted by Crippen LogP contribution is 2.22. The Labute approximate surface area is 156 Å². The van der Waals surface area contributed by atoms with Crippen LogP contribution < -0.4 is 10.2 Å². The normalized spacial score (nSPS) is 16.7. The van der Waals surface area contributed by atoms with E-state index in [1.165, 1.54) is 11.1 Å². The molecule has 0 saturated carbocycles. The number of aliphatic hydroxyl groups is 1. The Balaban J connectivity index is 1.55. The van der Waals surface area contributed by atoms with E-state index in [2.05, 4.69) is 51.4 Å². The van der Waals surface area contributed by atoms with Crippen LogP contribution in [0, 0.1) is 6.92 Å². The summed E-state index contributed by atoms with van der Waals surface area (Å²) in [6, 6.07) is 10.9. The van der Waals surface area contributed by atoms with Crippen molar-refractivity contribution < 1.29 is 5.11 Å². The molecule has 2 aromatic rings. The van der Waals surface area contributed by atoms with Crippen molar-refractivity contribution in [3.63, 3.8) is 0 Å². The maximum atomic E-state index is 9.76. The molecule has 0 spiro atoms. The van der Waals surface area contributed by atoms with Gasteiger partial charge in [-0.2, -0.15) is 0 Å². The molecule has 1 aromatic carbocycles. The van der Waals surface area contributed by atoms with Gasteiger partial charge in [0.2, 0.25) is 0 Å². The zero-order chi connectivity index (χ0) is 18.4. The minimum absolute atomic E-state index is 0.112. The lowest BCUT2D eigenvalue weighted by Crippen LogP contribution is -2.48. The average molecular weight is 354 g/mol. The smallest absolute Gasteiger partial charge is 0.135 e. The highest BCUT2D eigenvalue weighted by atomic mass is 16.3. The highest BCUT2D eigenvalue weighted by Gasteiger charge is 2.23. The first-order valence-corrected chi connectivity index (χ1v) is 9.68. The summed E-state index contributed by atoms with van der Waals surface area (Å²) in [7, 11) is 0. The highest BCUT2D eigenvalue weighted by molar-refractivity contribution is 5.46. The van der Waals surface area contributed by atoms with Crippen molar-refractivity contribution >= 4 is 5.82 Å². The van der Waals surface area contributed by atoms with E-state index in [1.54, 1.807) is 0 Å². The van der Waals surface area contributed by atoms with Gasteiger partial charge in [-0.15, -0.1) is 0 Å². The molecule has 1 aliphatic rings. The molecule has 1 saturated heterocycles. The number of hydrogen-bond acceptors (Lipinski definition) is 5. The molecule has 3 rings (SSSR count). The van der Waals surface area contributed by atoms with Crippen molar-refractivity contribution in [1.82, 2.24) is 15.3 Å². The molecule has 0 amide bonds. The van der Waals surface area contributed by atoms with E-state index in [0.717, 1.165) is 50.4 Å². The number of aliphatic hydroxyl groups excluding tert-OH is 1. The van der Waals surface area contributed by atoms with Crippen LogP contribution in [0.5, 0.6) is 0 Å². The van der Waals surface area contributed by atoms with Crippen LogP contribution in [0.3, 0.4) is 0 Å². The second-order valence-corrected chi connectivity index (χ2v) is 7.12. The molecule has 0 unspecified atom stereocenters. The van der Waals surface area contributed by atoms with Crippen LogP contribution in [0.25, 0.3) is 0 Å². The number of nitrogens with one attached hydrogen (secondary N) is 1. The Bertz CT molecular complexity index is 684. The van der Waals surface area contributed by atoms with Crippen LogP contribution in [-0.4, -0.2) is 46.9 Å². The number of hydrogen-bond donors (Lipinski definition) is 2. The fourth-order valence-corrected chi connectivity index (χ4v) is 3.67. The molecule has 2 N–H and O–H groups in total. The van der Waals surface area contributed by atoms with Gasteiger partial charge in [0.05, 0.1) is 6.61 Å². The standard InChI is InChI=1S/C21H30N4O/c1-3-18-14-22-16(2)23-21(18)25-11-9-19(10-12-25)24-20(15-26)13-17-7-5-4-6-8-17/h4-8,14,19-20,24,26H,3,9-13,15H2,1-2H3/t20-/m0/s1. The summed E-state index contributed by atoms with van der Waals surface area (Å²) >= 11 is 0. The molecule has 0 radical (unpaired) electrons. The molecule has 26 heavy (non-hydrogen) atoms. The third-order valence-electron chi connectivity index (χ3n) is 5.15. The molecule has 1 atom stereocenters. The molecule has 5 nitrogen and oxygen atoms in total. The first-order chi connectivity index (χ1) is 12.7. The number of aryl methyl sites for hydroxylation is 2. The van der Waals surface area contributed by atoms with E-state index in [9.17, 15) is 5.11 Å². The van der Waals surface area contributed by atoms with Crippen LogP contribution in [0.15, 0.2) is 36.5 Å². The van der Waals surface area contributed by atoms with Crippen LogP contribution in [0.1, 0.15) is 36.7 Å². The number of benzene rings is 1. The Morgan fingerprint density at radius 2 is 1.96 bits per heavy atom. The number of aromatic nitrogens is 2. The maximum absolute atomic E-state index is 9.76. The van der Waals surface area contributed by atoms with Crippen LogP contribution >= 0.6 is 0 Å². The first-order valence-electron chi connectivity index (χ1n) is 9.68. The molecule has 5 heteroatoms. The van der Waals surface area contributed by atoms with Gasteiger partial charge in [-0.05, 0) is 38.2 Å². The van der Waals surface area contributed by atoms with Crippen molar-refractivity contribution in [2.75, 3.05) is 24.6 Å². The maximum Gasteiger partial charge on any atom is 0.135 e. The second kappa shape index (κ2) is 9.10. The zero-order valence-electron chi connectivity index (χ0n) is 15.9. The summed E-state index contributed by atoms with van der Waals surface area (Å²) in [5, 5.41) is 13.4. The minimum atomic E-state index is 0.112. The van der Waals surface area contributed by atoms with Gasteiger partial charge in [-0.3, -0.25) is 0 Å². The van der Waals surface area contributed by atoms with Gasteiger partial charge in [0, 0.05) is 36.9 Å². The molecular formula is C21H30N4O. The summed E-state index contributed by atoms with van der Waals surface area (Å²) < 4.78 is 0. The molecule has 1 aliphatic heterocycles. The number of piperidine rings is 1. The van der Waals surface area contributed by atoms with E-state index in [1.807, 2.05) is 19.2 Å². The third kappa shape index (κ3) is 4.80. The van der Waals surface area contributed by atoms with Crippen molar-refractivity contribution in [3.8, 4) is 0 Å². The second-order valence-electron chi connectivity index (χ2n) is 7.12. The third-order valence-corrected chi connectivity index (χ3v) is 5.15. The van der Waals surface area contributed by atoms with Gasteiger partial charge in [-0.1, -0.05) is 37.3 Å². The predicted molar refractivity (Wildman–Crippen MR) is 106 cm³/mol. The van der Waals surface area contributed by atoms with Crippen molar-refractivity contribution in [3.05, 3.63) is 53.5 Å². The Morgan fingerprint density at radius 1 is 1.23 bits per heavy atom. The van der Waals surface area contributed by atoms with Gasteiger partial charge in [0.15, 0.2) is 0 Å².